The van der Waals surface area contributed by atoms with E-state index in [1.807, 2.05) is 6.92 Å². The number of halogens is 2. The summed E-state index contributed by atoms with van der Waals surface area (Å²) < 4.78 is 25.5. The molecule has 1 rings (SSSR count). The molecule has 0 unspecified atom stereocenters. The van der Waals surface area contributed by atoms with Crippen molar-refractivity contribution in [2.24, 2.45) is 0 Å². The zero-order chi connectivity index (χ0) is 12.9. The van der Waals surface area contributed by atoms with Gasteiger partial charge in [-0.3, -0.25) is 4.31 Å². The molecule has 0 aromatic heterocycles. The molecule has 1 aromatic rings. The Balaban J connectivity index is 3.11. The molecule has 3 nitrogen and oxygen atoms in total. The maximum Gasteiger partial charge on any atom is 0.263 e. The lowest BCUT2D eigenvalue weighted by atomic mass is 10.2. The number of benzene rings is 1. The Bertz CT molecular complexity index is 483. The van der Waals surface area contributed by atoms with Gasteiger partial charge in [0.2, 0.25) is 0 Å². The van der Waals surface area contributed by atoms with Crippen LogP contribution in [0.4, 0.5) is 0 Å². The third-order valence-electron chi connectivity index (χ3n) is 2.16. The first kappa shape index (κ1) is 14.4. The molecule has 0 aliphatic rings. The molecular weight excluding hydrogens is 281 g/mol. The van der Waals surface area contributed by atoms with E-state index in [2.05, 4.69) is 0 Å². The monoisotopic (exact) mass is 293 g/mol. The van der Waals surface area contributed by atoms with E-state index in [1.165, 1.54) is 6.20 Å². The second-order valence-corrected chi connectivity index (χ2v) is 5.91. The van der Waals surface area contributed by atoms with Crippen LogP contribution in [0.25, 0.3) is 0 Å². The molecule has 0 aliphatic carbocycles. The number of rotatable bonds is 5. The maximum atomic E-state index is 12.2. The van der Waals surface area contributed by atoms with E-state index in [9.17, 15) is 8.42 Å². The molecule has 0 aliphatic heterocycles. The van der Waals surface area contributed by atoms with Crippen molar-refractivity contribution < 1.29 is 8.42 Å². The van der Waals surface area contributed by atoms with E-state index in [0.717, 1.165) is 15.4 Å². The first-order valence-electron chi connectivity index (χ1n) is 4.93. The minimum absolute atomic E-state index is 0.182. The molecule has 0 amide bonds. The van der Waals surface area contributed by atoms with Crippen molar-refractivity contribution in [3.63, 3.8) is 0 Å². The van der Waals surface area contributed by atoms with Gasteiger partial charge in [-0.15, -0.1) is 11.6 Å². The Labute approximate surface area is 112 Å². The van der Waals surface area contributed by atoms with Crippen molar-refractivity contribution in [1.29, 1.82) is 0 Å². The van der Waals surface area contributed by atoms with Crippen LogP contribution >= 0.6 is 23.2 Å². The molecule has 0 fully saturated rings. The van der Waals surface area contributed by atoms with Crippen LogP contribution in [0.1, 0.15) is 5.56 Å². The largest absolute Gasteiger partial charge is 0.271 e. The van der Waals surface area contributed by atoms with Gasteiger partial charge in [0, 0.05) is 24.2 Å². The van der Waals surface area contributed by atoms with Gasteiger partial charge < -0.3 is 0 Å². The normalized spacial score (nSPS) is 11.9. The van der Waals surface area contributed by atoms with Gasteiger partial charge in [-0.1, -0.05) is 29.3 Å². The Morgan fingerprint density at radius 2 is 1.88 bits per heavy atom. The van der Waals surface area contributed by atoms with Crippen LogP contribution in [0, 0.1) is 6.92 Å². The van der Waals surface area contributed by atoms with E-state index < -0.39 is 10.0 Å². The smallest absolute Gasteiger partial charge is 0.263 e. The lowest BCUT2D eigenvalue weighted by Gasteiger charge is -2.18. The molecule has 0 radical (unpaired) electrons. The first-order chi connectivity index (χ1) is 8.02. The fourth-order valence-electron chi connectivity index (χ4n) is 1.27. The Kier molecular flexibility index (Phi) is 5.31. The highest BCUT2D eigenvalue weighted by atomic mass is 35.5. The SMILES string of the molecule is Cc1ccc(S(=O)(=O)N(C=CCl)CCCl)cc1. The number of hydrogen-bond donors (Lipinski definition) is 0. The summed E-state index contributed by atoms with van der Waals surface area (Å²) in [6.07, 6.45) is 1.29. The number of sulfonamides is 1. The molecule has 1 aromatic carbocycles. The highest BCUT2D eigenvalue weighted by Crippen LogP contribution is 2.17. The standard InChI is InChI=1S/C11H13Cl2NO2S/c1-10-2-4-11(5-3-10)17(15,16)14(8-6-12)9-7-13/h2-6,8H,7,9H2,1H3. The van der Waals surface area contributed by atoms with Crippen LogP contribution in [-0.2, 0) is 10.0 Å². The summed E-state index contributed by atoms with van der Waals surface area (Å²) in [7, 11) is -3.56. The van der Waals surface area contributed by atoms with Crippen molar-refractivity contribution in [3.05, 3.63) is 41.6 Å². The molecule has 94 valence electrons. The zero-order valence-corrected chi connectivity index (χ0v) is 11.6. The van der Waals surface area contributed by atoms with Crippen LogP contribution in [0.3, 0.4) is 0 Å². The maximum absolute atomic E-state index is 12.2. The second kappa shape index (κ2) is 6.28. The average Bonchev–Trinajstić information content (AvgIpc) is 2.29. The first-order valence-corrected chi connectivity index (χ1v) is 7.35. The lowest BCUT2D eigenvalue weighted by molar-refractivity contribution is 0.513. The number of aryl methyl sites for hydroxylation is 1. The van der Waals surface area contributed by atoms with Gasteiger partial charge in [-0.2, -0.15) is 0 Å². The van der Waals surface area contributed by atoms with Gasteiger partial charge in [0.25, 0.3) is 10.0 Å². The number of alkyl halides is 1. The Morgan fingerprint density at radius 1 is 1.29 bits per heavy atom. The molecule has 6 heteroatoms. The summed E-state index contributed by atoms with van der Waals surface area (Å²) in [5.74, 6) is 0.201. The lowest BCUT2D eigenvalue weighted by Crippen LogP contribution is -2.27. The van der Waals surface area contributed by atoms with Crippen LogP contribution in [0.5, 0.6) is 0 Å². The number of hydrogen-bond acceptors (Lipinski definition) is 2. The molecule has 17 heavy (non-hydrogen) atoms. The van der Waals surface area contributed by atoms with Crippen LogP contribution < -0.4 is 0 Å². The summed E-state index contributed by atoms with van der Waals surface area (Å²) in [6, 6.07) is 6.62. The fraction of sp³-hybridized carbons (Fsp3) is 0.273. The predicted octanol–water partition coefficient (Wildman–Crippen LogP) is 2.93. The van der Waals surface area contributed by atoms with Gasteiger partial charge in [0.05, 0.1) is 4.90 Å². The van der Waals surface area contributed by atoms with Gasteiger partial charge in [0.1, 0.15) is 0 Å². The summed E-state index contributed by atoms with van der Waals surface area (Å²) >= 11 is 11.0. The van der Waals surface area contributed by atoms with Crippen molar-refractivity contribution >= 4 is 33.2 Å². The summed E-state index contributed by atoms with van der Waals surface area (Å²) in [6.45, 7) is 2.08. The summed E-state index contributed by atoms with van der Waals surface area (Å²) in [4.78, 5) is 0.225. The average molecular weight is 294 g/mol. The van der Waals surface area contributed by atoms with Gasteiger partial charge in [0.15, 0.2) is 0 Å². The van der Waals surface area contributed by atoms with Gasteiger partial charge >= 0.3 is 0 Å². The van der Waals surface area contributed by atoms with Crippen LogP contribution in [0.15, 0.2) is 40.9 Å². The molecule has 0 spiro atoms. The van der Waals surface area contributed by atoms with E-state index in [4.69, 9.17) is 23.2 Å². The van der Waals surface area contributed by atoms with E-state index in [0.29, 0.717) is 0 Å². The van der Waals surface area contributed by atoms with E-state index in [-0.39, 0.29) is 17.3 Å². The van der Waals surface area contributed by atoms with Crippen molar-refractivity contribution in [2.45, 2.75) is 11.8 Å². The van der Waals surface area contributed by atoms with Crippen LogP contribution in [-0.4, -0.2) is 25.1 Å². The Morgan fingerprint density at radius 3 is 2.35 bits per heavy atom. The molecule has 0 saturated carbocycles. The second-order valence-electron chi connectivity index (χ2n) is 3.39. The molecule has 0 bridgehead atoms. The Hall–Kier alpha value is -0.710. The molecule has 0 saturated heterocycles. The minimum Gasteiger partial charge on any atom is -0.271 e. The molecular formula is C11H13Cl2NO2S. The number of nitrogens with zero attached hydrogens (tertiary/aromatic N) is 1. The fourth-order valence-corrected chi connectivity index (χ4v) is 3.06. The highest BCUT2D eigenvalue weighted by Gasteiger charge is 2.20. The van der Waals surface area contributed by atoms with Crippen molar-refractivity contribution in [3.8, 4) is 0 Å². The molecule has 0 atom stereocenters. The summed E-state index contributed by atoms with van der Waals surface area (Å²) in [5, 5.41) is 0. The van der Waals surface area contributed by atoms with Crippen LogP contribution in [0.2, 0.25) is 0 Å². The third-order valence-corrected chi connectivity index (χ3v) is 4.23. The predicted molar refractivity (Wildman–Crippen MR) is 70.8 cm³/mol. The summed E-state index contributed by atoms with van der Waals surface area (Å²) in [5.41, 5.74) is 2.15. The third kappa shape index (κ3) is 3.63. The topological polar surface area (TPSA) is 37.4 Å². The van der Waals surface area contributed by atoms with Gasteiger partial charge in [-0.05, 0) is 19.1 Å². The van der Waals surface area contributed by atoms with Gasteiger partial charge in [-0.25, -0.2) is 8.42 Å². The molecule has 0 N–H and O–H groups in total. The van der Waals surface area contributed by atoms with Crippen molar-refractivity contribution in [1.82, 2.24) is 4.31 Å². The quantitative estimate of drug-likeness (QED) is 0.783. The van der Waals surface area contributed by atoms with Crippen molar-refractivity contribution in [2.75, 3.05) is 12.4 Å². The zero-order valence-electron chi connectivity index (χ0n) is 9.31. The van der Waals surface area contributed by atoms with E-state index in [1.54, 1.807) is 24.3 Å². The highest BCUT2D eigenvalue weighted by molar-refractivity contribution is 7.89. The minimum atomic E-state index is -3.56. The van der Waals surface area contributed by atoms with E-state index >= 15 is 0 Å². The molecule has 0 heterocycles.